The zero-order chi connectivity index (χ0) is 14.0. The van der Waals surface area contributed by atoms with Crippen molar-refractivity contribution >= 4 is 17.4 Å². The highest BCUT2D eigenvalue weighted by Crippen LogP contribution is 2.20. The second-order valence-corrected chi connectivity index (χ2v) is 4.52. The summed E-state index contributed by atoms with van der Waals surface area (Å²) < 4.78 is 1.67. The summed E-state index contributed by atoms with van der Waals surface area (Å²) in [6, 6.07) is 5.35. The van der Waals surface area contributed by atoms with Crippen LogP contribution in [0.2, 0.25) is 0 Å². The number of carbonyl (C=O) groups excluding carboxylic acids is 1. The molecule has 1 N–H and O–H groups in total. The minimum atomic E-state index is -0.236. The van der Waals surface area contributed by atoms with Gasteiger partial charge in [-0.05, 0) is 25.1 Å². The molecule has 0 fully saturated rings. The van der Waals surface area contributed by atoms with E-state index in [0.29, 0.717) is 17.2 Å². The minimum Gasteiger partial charge on any atom is -0.361 e. The number of aromatic nitrogens is 3. The Labute approximate surface area is 112 Å². The SMILES string of the molecule is Cc1cc(C(=O)Nc2cccnc2N(C)C)nn1C. The second kappa shape index (κ2) is 5.09. The van der Waals surface area contributed by atoms with E-state index in [1.165, 1.54) is 0 Å². The average molecular weight is 259 g/mol. The Kier molecular flexibility index (Phi) is 3.50. The van der Waals surface area contributed by atoms with Crippen molar-refractivity contribution in [1.82, 2.24) is 14.8 Å². The number of aryl methyl sites for hydroxylation is 2. The van der Waals surface area contributed by atoms with Crippen molar-refractivity contribution in [1.29, 1.82) is 0 Å². The number of amides is 1. The summed E-state index contributed by atoms with van der Waals surface area (Å²) >= 11 is 0. The molecule has 0 saturated heterocycles. The Morgan fingerprint density at radius 2 is 2.16 bits per heavy atom. The molecule has 0 bridgehead atoms. The number of hydrogen-bond acceptors (Lipinski definition) is 4. The maximum absolute atomic E-state index is 12.1. The molecule has 0 atom stereocenters. The van der Waals surface area contributed by atoms with E-state index in [4.69, 9.17) is 0 Å². The number of carbonyl (C=O) groups is 1. The molecule has 2 rings (SSSR count). The molecule has 2 aromatic heterocycles. The standard InChI is InChI=1S/C13H17N5O/c1-9-8-11(16-18(9)4)13(19)15-10-6-5-7-14-12(10)17(2)3/h5-8H,1-4H3,(H,15,19). The lowest BCUT2D eigenvalue weighted by Crippen LogP contribution is -2.18. The maximum atomic E-state index is 12.1. The molecule has 0 spiro atoms. The Morgan fingerprint density at radius 3 is 2.74 bits per heavy atom. The highest BCUT2D eigenvalue weighted by molar-refractivity contribution is 6.04. The van der Waals surface area contributed by atoms with Gasteiger partial charge in [0.2, 0.25) is 0 Å². The Balaban J connectivity index is 2.24. The van der Waals surface area contributed by atoms with Gasteiger partial charge in [0.05, 0.1) is 5.69 Å². The van der Waals surface area contributed by atoms with Crippen molar-refractivity contribution < 1.29 is 4.79 Å². The zero-order valence-electron chi connectivity index (χ0n) is 11.5. The largest absolute Gasteiger partial charge is 0.361 e. The molecular formula is C13H17N5O. The average Bonchev–Trinajstić information content (AvgIpc) is 2.70. The number of nitrogens with zero attached hydrogens (tertiary/aromatic N) is 4. The predicted octanol–water partition coefficient (Wildman–Crippen LogP) is 1.44. The molecular weight excluding hydrogens is 242 g/mol. The van der Waals surface area contributed by atoms with Gasteiger partial charge in [-0.25, -0.2) is 4.98 Å². The van der Waals surface area contributed by atoms with Crippen molar-refractivity contribution in [2.75, 3.05) is 24.3 Å². The van der Waals surface area contributed by atoms with Gasteiger partial charge in [-0.2, -0.15) is 5.10 Å². The summed E-state index contributed by atoms with van der Waals surface area (Å²) in [5, 5.41) is 6.98. The van der Waals surface area contributed by atoms with E-state index in [1.54, 1.807) is 30.1 Å². The van der Waals surface area contributed by atoms with Gasteiger partial charge in [0.25, 0.3) is 5.91 Å². The fraction of sp³-hybridized carbons (Fsp3) is 0.308. The van der Waals surface area contributed by atoms with Crippen LogP contribution in [0.15, 0.2) is 24.4 Å². The van der Waals surface area contributed by atoms with Crippen LogP contribution >= 0.6 is 0 Å². The summed E-state index contributed by atoms with van der Waals surface area (Å²) in [6.07, 6.45) is 1.69. The third-order valence-corrected chi connectivity index (χ3v) is 2.80. The smallest absolute Gasteiger partial charge is 0.276 e. The van der Waals surface area contributed by atoms with E-state index in [9.17, 15) is 4.79 Å². The van der Waals surface area contributed by atoms with Crippen LogP contribution in [0.4, 0.5) is 11.5 Å². The molecule has 1 amide bonds. The predicted molar refractivity (Wildman–Crippen MR) is 74.5 cm³/mol. The van der Waals surface area contributed by atoms with Gasteiger partial charge < -0.3 is 10.2 Å². The number of anilines is 2. The van der Waals surface area contributed by atoms with Gasteiger partial charge in [0.1, 0.15) is 0 Å². The van der Waals surface area contributed by atoms with Crippen molar-refractivity contribution in [3.8, 4) is 0 Å². The van der Waals surface area contributed by atoms with Gasteiger partial charge in [0.15, 0.2) is 11.5 Å². The summed E-state index contributed by atoms with van der Waals surface area (Å²) in [7, 11) is 5.56. The van der Waals surface area contributed by atoms with Crippen molar-refractivity contribution in [3.05, 3.63) is 35.8 Å². The van der Waals surface area contributed by atoms with Crippen molar-refractivity contribution in [2.24, 2.45) is 7.05 Å². The monoisotopic (exact) mass is 259 g/mol. The van der Waals surface area contributed by atoms with Crippen LogP contribution in [0, 0.1) is 6.92 Å². The molecule has 0 radical (unpaired) electrons. The van der Waals surface area contributed by atoms with Crippen LogP contribution in [0.3, 0.4) is 0 Å². The first-order chi connectivity index (χ1) is 8.99. The number of nitrogens with one attached hydrogen (secondary N) is 1. The van der Waals surface area contributed by atoms with E-state index >= 15 is 0 Å². The minimum absolute atomic E-state index is 0.236. The molecule has 6 heteroatoms. The van der Waals surface area contributed by atoms with Crippen LogP contribution in [-0.2, 0) is 7.05 Å². The van der Waals surface area contributed by atoms with Gasteiger partial charge in [0, 0.05) is 33.0 Å². The topological polar surface area (TPSA) is 63.1 Å². The summed E-state index contributed by atoms with van der Waals surface area (Å²) in [5.41, 5.74) is 2.00. The van der Waals surface area contributed by atoms with E-state index in [-0.39, 0.29) is 5.91 Å². The van der Waals surface area contributed by atoms with Crippen molar-refractivity contribution in [3.63, 3.8) is 0 Å². The van der Waals surface area contributed by atoms with Crippen molar-refractivity contribution in [2.45, 2.75) is 6.92 Å². The number of hydrogen-bond donors (Lipinski definition) is 1. The molecule has 19 heavy (non-hydrogen) atoms. The summed E-state index contributed by atoms with van der Waals surface area (Å²) in [6.45, 7) is 1.90. The van der Waals surface area contributed by atoms with Gasteiger partial charge >= 0.3 is 0 Å². The molecule has 2 aromatic rings. The van der Waals surface area contributed by atoms with Crippen LogP contribution in [-0.4, -0.2) is 34.8 Å². The molecule has 0 aliphatic rings. The third kappa shape index (κ3) is 2.73. The van der Waals surface area contributed by atoms with E-state index in [0.717, 1.165) is 5.69 Å². The highest BCUT2D eigenvalue weighted by Gasteiger charge is 2.14. The lowest BCUT2D eigenvalue weighted by molar-refractivity contribution is 0.102. The van der Waals surface area contributed by atoms with Gasteiger partial charge in [-0.15, -0.1) is 0 Å². The fourth-order valence-electron chi connectivity index (χ4n) is 1.71. The molecule has 0 unspecified atom stereocenters. The first-order valence-corrected chi connectivity index (χ1v) is 5.93. The van der Waals surface area contributed by atoms with E-state index in [1.807, 2.05) is 32.0 Å². The molecule has 0 saturated carbocycles. The Bertz CT molecular complexity index is 583. The second-order valence-electron chi connectivity index (χ2n) is 4.52. The first kappa shape index (κ1) is 13.1. The first-order valence-electron chi connectivity index (χ1n) is 5.93. The normalized spacial score (nSPS) is 10.3. The molecule has 2 heterocycles. The summed E-state index contributed by atoms with van der Waals surface area (Å²) in [5.74, 6) is 0.475. The number of rotatable bonds is 3. The lowest BCUT2D eigenvalue weighted by Gasteiger charge is -2.15. The maximum Gasteiger partial charge on any atom is 0.276 e. The Hall–Kier alpha value is -2.37. The quantitative estimate of drug-likeness (QED) is 0.906. The molecule has 0 aromatic carbocycles. The molecule has 100 valence electrons. The van der Waals surface area contributed by atoms with Gasteiger partial charge in [-0.1, -0.05) is 0 Å². The number of pyridine rings is 1. The van der Waals surface area contributed by atoms with E-state index in [2.05, 4.69) is 15.4 Å². The Morgan fingerprint density at radius 1 is 1.42 bits per heavy atom. The summed E-state index contributed by atoms with van der Waals surface area (Å²) in [4.78, 5) is 18.2. The fourth-order valence-corrected chi connectivity index (χ4v) is 1.71. The van der Waals surface area contributed by atoms with Crippen LogP contribution in [0.5, 0.6) is 0 Å². The third-order valence-electron chi connectivity index (χ3n) is 2.80. The lowest BCUT2D eigenvalue weighted by atomic mass is 10.3. The van der Waals surface area contributed by atoms with Gasteiger partial charge in [-0.3, -0.25) is 9.48 Å². The molecule has 0 aliphatic carbocycles. The zero-order valence-corrected chi connectivity index (χ0v) is 11.5. The van der Waals surface area contributed by atoms with Crippen LogP contribution in [0.25, 0.3) is 0 Å². The molecule has 6 nitrogen and oxygen atoms in total. The van der Waals surface area contributed by atoms with E-state index < -0.39 is 0 Å². The highest BCUT2D eigenvalue weighted by atomic mass is 16.2. The van der Waals surface area contributed by atoms with Crippen LogP contribution in [0.1, 0.15) is 16.2 Å². The molecule has 0 aliphatic heterocycles. The van der Waals surface area contributed by atoms with Crippen LogP contribution < -0.4 is 10.2 Å².